The molecule has 4 nitrogen and oxygen atoms in total. The van der Waals surface area contributed by atoms with Gasteiger partial charge in [0.2, 0.25) is 0 Å². The van der Waals surface area contributed by atoms with E-state index >= 15 is 0 Å². The maximum absolute atomic E-state index is 11.9. The number of aliphatic hydroxyl groups is 2. The number of esters is 1. The zero-order chi connectivity index (χ0) is 15.8. The van der Waals surface area contributed by atoms with Crippen LogP contribution < -0.4 is 0 Å². The summed E-state index contributed by atoms with van der Waals surface area (Å²) in [6.45, 7) is 12.0. The van der Waals surface area contributed by atoms with Crippen LogP contribution >= 0.6 is 0 Å². The van der Waals surface area contributed by atoms with Gasteiger partial charge in [-0.15, -0.1) is 0 Å². The molecule has 118 valence electrons. The number of hydrogen-bond donors (Lipinski definition) is 2. The van der Waals surface area contributed by atoms with Crippen molar-refractivity contribution < 1.29 is 19.7 Å². The van der Waals surface area contributed by atoms with Gasteiger partial charge >= 0.3 is 5.97 Å². The maximum atomic E-state index is 11.9. The summed E-state index contributed by atoms with van der Waals surface area (Å²) in [5.74, 6) is -0.942. The molecule has 0 spiro atoms. The van der Waals surface area contributed by atoms with Crippen molar-refractivity contribution in [2.45, 2.75) is 51.7 Å². The molecule has 0 bridgehead atoms. The summed E-state index contributed by atoms with van der Waals surface area (Å²) in [7, 11) is 0. The van der Waals surface area contributed by atoms with Crippen molar-refractivity contribution in [3.63, 3.8) is 0 Å². The van der Waals surface area contributed by atoms with E-state index in [1.165, 1.54) is 0 Å². The van der Waals surface area contributed by atoms with Gasteiger partial charge in [0.25, 0.3) is 0 Å². The van der Waals surface area contributed by atoms with Crippen LogP contribution in [0.5, 0.6) is 0 Å². The van der Waals surface area contributed by atoms with E-state index < -0.39 is 18.2 Å². The van der Waals surface area contributed by atoms with Gasteiger partial charge < -0.3 is 14.9 Å². The normalized spacial score (nSPS) is 39.5. The third-order valence-corrected chi connectivity index (χ3v) is 5.38. The van der Waals surface area contributed by atoms with Crippen LogP contribution in [0.25, 0.3) is 0 Å². The van der Waals surface area contributed by atoms with E-state index in [4.69, 9.17) is 4.74 Å². The molecule has 0 aromatic rings. The van der Waals surface area contributed by atoms with Crippen LogP contribution in [0.2, 0.25) is 0 Å². The van der Waals surface area contributed by atoms with Crippen LogP contribution in [0.15, 0.2) is 24.3 Å². The van der Waals surface area contributed by atoms with Crippen LogP contribution in [0.1, 0.15) is 39.5 Å². The Hall–Kier alpha value is -1.13. The number of hydrogen-bond acceptors (Lipinski definition) is 4. The van der Waals surface area contributed by atoms with Crippen LogP contribution in [-0.2, 0) is 9.53 Å². The van der Waals surface area contributed by atoms with Crippen molar-refractivity contribution in [1.29, 1.82) is 0 Å². The maximum Gasteiger partial charge on any atom is 0.333 e. The molecule has 0 heterocycles. The fourth-order valence-electron chi connectivity index (χ4n) is 4.06. The fraction of sp³-hybridized carbons (Fsp3) is 0.706. The quantitative estimate of drug-likeness (QED) is 0.476. The molecule has 0 aromatic carbocycles. The number of rotatable bonds is 3. The molecular weight excluding hydrogens is 268 g/mol. The Balaban J connectivity index is 2.22. The SMILES string of the molecule is C=C(C(=O)OCC)C1CCC2(C)C(O)CCC(=C)C2C1O. The Kier molecular flexibility index (Phi) is 4.59. The zero-order valence-corrected chi connectivity index (χ0v) is 13.0. The number of carbonyl (C=O) groups is 1. The van der Waals surface area contributed by atoms with E-state index in [9.17, 15) is 15.0 Å². The van der Waals surface area contributed by atoms with Gasteiger partial charge in [0.15, 0.2) is 0 Å². The first-order valence-electron chi connectivity index (χ1n) is 7.72. The first-order chi connectivity index (χ1) is 9.82. The molecule has 2 saturated carbocycles. The van der Waals surface area contributed by atoms with Crippen LogP contribution in [0, 0.1) is 17.3 Å². The lowest BCUT2D eigenvalue weighted by atomic mass is 9.54. The third kappa shape index (κ3) is 2.67. The van der Waals surface area contributed by atoms with Gasteiger partial charge in [-0.1, -0.05) is 25.7 Å². The van der Waals surface area contributed by atoms with Crippen molar-refractivity contribution in [3.8, 4) is 0 Å². The van der Waals surface area contributed by atoms with Crippen molar-refractivity contribution in [2.24, 2.45) is 17.3 Å². The molecule has 2 aliphatic rings. The van der Waals surface area contributed by atoms with Crippen molar-refractivity contribution in [1.82, 2.24) is 0 Å². The molecule has 0 radical (unpaired) electrons. The Morgan fingerprint density at radius 1 is 1.43 bits per heavy atom. The molecular formula is C17H26O4. The molecule has 2 fully saturated rings. The molecule has 2 aliphatic carbocycles. The predicted octanol–water partition coefficient (Wildman–Crippen LogP) is 2.21. The highest BCUT2D eigenvalue weighted by molar-refractivity contribution is 5.88. The third-order valence-electron chi connectivity index (χ3n) is 5.38. The first-order valence-corrected chi connectivity index (χ1v) is 7.72. The monoisotopic (exact) mass is 294 g/mol. The molecule has 2 N–H and O–H groups in total. The number of ether oxygens (including phenoxy) is 1. The standard InChI is InChI=1S/C17H26O4/c1-5-21-16(20)11(3)12-8-9-17(4)13(18)7-6-10(2)14(17)15(12)19/h12-15,18-19H,2-3,5-9H2,1,4H3. The van der Waals surface area contributed by atoms with Gasteiger partial charge in [-0.05, 0) is 32.6 Å². The summed E-state index contributed by atoms with van der Waals surface area (Å²) >= 11 is 0. The van der Waals surface area contributed by atoms with Crippen molar-refractivity contribution in [3.05, 3.63) is 24.3 Å². The second kappa shape index (κ2) is 5.93. The summed E-state index contributed by atoms with van der Waals surface area (Å²) in [6.07, 6.45) is 1.63. The highest BCUT2D eigenvalue weighted by Gasteiger charge is 2.53. The summed E-state index contributed by atoms with van der Waals surface area (Å²) in [4.78, 5) is 11.9. The molecule has 0 aliphatic heterocycles. The van der Waals surface area contributed by atoms with E-state index in [-0.39, 0.29) is 17.3 Å². The van der Waals surface area contributed by atoms with E-state index in [2.05, 4.69) is 13.2 Å². The van der Waals surface area contributed by atoms with E-state index in [1.807, 2.05) is 6.92 Å². The smallest absolute Gasteiger partial charge is 0.333 e. The predicted molar refractivity (Wildman–Crippen MR) is 80.5 cm³/mol. The lowest BCUT2D eigenvalue weighted by Crippen LogP contribution is -2.54. The van der Waals surface area contributed by atoms with E-state index in [0.717, 1.165) is 18.4 Å². The van der Waals surface area contributed by atoms with Gasteiger partial charge in [-0.3, -0.25) is 0 Å². The minimum atomic E-state index is -0.733. The lowest BCUT2D eigenvalue weighted by Gasteiger charge is -2.53. The summed E-state index contributed by atoms with van der Waals surface area (Å²) in [6, 6.07) is 0. The Labute approximate surface area is 126 Å². The molecule has 0 aromatic heterocycles. The molecule has 5 atom stereocenters. The van der Waals surface area contributed by atoms with Crippen molar-refractivity contribution >= 4 is 5.97 Å². The molecule has 0 saturated heterocycles. The summed E-state index contributed by atoms with van der Waals surface area (Å²) < 4.78 is 4.99. The fourth-order valence-corrected chi connectivity index (χ4v) is 4.06. The van der Waals surface area contributed by atoms with E-state index in [1.54, 1.807) is 6.92 Å². The minimum absolute atomic E-state index is 0.189. The van der Waals surface area contributed by atoms with Crippen LogP contribution in [0.4, 0.5) is 0 Å². The highest BCUT2D eigenvalue weighted by atomic mass is 16.5. The molecule has 4 heteroatoms. The number of carbonyl (C=O) groups excluding carboxylic acids is 1. The number of aliphatic hydroxyl groups excluding tert-OH is 2. The van der Waals surface area contributed by atoms with Gasteiger partial charge in [0, 0.05) is 22.8 Å². The summed E-state index contributed by atoms with van der Waals surface area (Å²) in [5, 5.41) is 21.1. The van der Waals surface area contributed by atoms with Gasteiger partial charge in [0.1, 0.15) is 0 Å². The molecule has 21 heavy (non-hydrogen) atoms. The second-order valence-corrected chi connectivity index (χ2v) is 6.58. The van der Waals surface area contributed by atoms with Gasteiger partial charge in [-0.25, -0.2) is 4.79 Å². The van der Waals surface area contributed by atoms with Crippen LogP contribution in [-0.4, -0.2) is 35.0 Å². The first kappa shape index (κ1) is 16.2. The average Bonchev–Trinajstić information content (AvgIpc) is 2.43. The van der Waals surface area contributed by atoms with Gasteiger partial charge in [0.05, 0.1) is 18.8 Å². The minimum Gasteiger partial charge on any atom is -0.463 e. The average molecular weight is 294 g/mol. The Morgan fingerprint density at radius 3 is 2.71 bits per heavy atom. The Bertz CT molecular complexity index is 456. The second-order valence-electron chi connectivity index (χ2n) is 6.58. The topological polar surface area (TPSA) is 66.8 Å². The highest BCUT2D eigenvalue weighted by Crippen LogP contribution is 2.54. The summed E-state index contributed by atoms with van der Waals surface area (Å²) in [5.41, 5.74) is 0.941. The molecule has 5 unspecified atom stereocenters. The lowest BCUT2D eigenvalue weighted by molar-refractivity contribution is -0.142. The van der Waals surface area contributed by atoms with Gasteiger partial charge in [-0.2, -0.15) is 0 Å². The molecule has 2 rings (SSSR count). The van der Waals surface area contributed by atoms with Crippen LogP contribution in [0.3, 0.4) is 0 Å². The van der Waals surface area contributed by atoms with E-state index in [0.29, 0.717) is 25.0 Å². The Morgan fingerprint density at radius 2 is 2.10 bits per heavy atom. The van der Waals surface area contributed by atoms with Crippen molar-refractivity contribution in [2.75, 3.05) is 6.61 Å². The zero-order valence-electron chi connectivity index (χ0n) is 13.0. The number of fused-ring (bicyclic) bond motifs is 1. The molecule has 0 amide bonds. The largest absolute Gasteiger partial charge is 0.463 e.